The van der Waals surface area contributed by atoms with E-state index in [0.717, 1.165) is 33.2 Å². The fourth-order valence-corrected chi connectivity index (χ4v) is 2.72. The Morgan fingerprint density at radius 1 is 0.857 bits per heavy atom. The first-order valence-corrected chi connectivity index (χ1v) is 7.08. The van der Waals surface area contributed by atoms with Crippen LogP contribution in [0.2, 0.25) is 0 Å². The fraction of sp³-hybridized carbons (Fsp3) is 0.105. The highest BCUT2D eigenvalue weighted by atomic mass is 16.3. The van der Waals surface area contributed by atoms with Gasteiger partial charge in [-0.25, -0.2) is 0 Å². The van der Waals surface area contributed by atoms with Crippen LogP contribution in [0, 0.1) is 13.8 Å². The Balaban J connectivity index is 2.06. The van der Waals surface area contributed by atoms with E-state index in [0.29, 0.717) is 0 Å². The topological polar surface area (TPSA) is 26.0 Å². The van der Waals surface area contributed by atoms with E-state index in [-0.39, 0.29) is 0 Å². The van der Waals surface area contributed by atoms with Crippen molar-refractivity contribution in [1.82, 2.24) is 4.98 Å². The number of furan rings is 1. The van der Waals surface area contributed by atoms with Gasteiger partial charge in [0.2, 0.25) is 0 Å². The zero-order valence-electron chi connectivity index (χ0n) is 12.1. The highest BCUT2D eigenvalue weighted by Crippen LogP contribution is 2.35. The van der Waals surface area contributed by atoms with Gasteiger partial charge in [0.1, 0.15) is 11.2 Å². The van der Waals surface area contributed by atoms with Crippen molar-refractivity contribution in [1.29, 1.82) is 0 Å². The molecule has 0 saturated heterocycles. The summed E-state index contributed by atoms with van der Waals surface area (Å²) in [5.74, 6) is 0. The smallest absolute Gasteiger partial charge is 0.144 e. The number of para-hydroxylation sites is 2. The van der Waals surface area contributed by atoms with Crippen LogP contribution in [0.25, 0.3) is 33.2 Å². The molecule has 0 unspecified atom stereocenters. The Morgan fingerprint density at radius 3 is 2.52 bits per heavy atom. The van der Waals surface area contributed by atoms with Gasteiger partial charge < -0.3 is 4.42 Å². The van der Waals surface area contributed by atoms with E-state index >= 15 is 0 Å². The van der Waals surface area contributed by atoms with Gasteiger partial charge in [-0.1, -0.05) is 30.3 Å². The summed E-state index contributed by atoms with van der Waals surface area (Å²) in [6.45, 7) is 4.19. The van der Waals surface area contributed by atoms with Gasteiger partial charge >= 0.3 is 0 Å². The van der Waals surface area contributed by atoms with Crippen LogP contribution in [0.4, 0.5) is 0 Å². The number of hydrogen-bond acceptors (Lipinski definition) is 2. The lowest BCUT2D eigenvalue weighted by Crippen LogP contribution is -1.88. The lowest BCUT2D eigenvalue weighted by Gasteiger charge is -2.05. The number of aryl methyl sites for hydroxylation is 2. The number of pyridine rings is 1. The summed E-state index contributed by atoms with van der Waals surface area (Å²) < 4.78 is 6.07. The molecule has 0 bridgehead atoms. The first-order chi connectivity index (χ1) is 10.2. The molecule has 4 aromatic rings. The third kappa shape index (κ3) is 1.83. The molecule has 102 valence electrons. The molecular weight excluding hydrogens is 258 g/mol. The molecular formula is C19H15NO. The third-order valence-corrected chi connectivity index (χ3v) is 4.05. The van der Waals surface area contributed by atoms with E-state index in [2.05, 4.69) is 49.2 Å². The lowest BCUT2D eigenvalue weighted by molar-refractivity contribution is 0.670. The molecule has 2 heterocycles. The van der Waals surface area contributed by atoms with Gasteiger partial charge in [-0.3, -0.25) is 4.98 Å². The maximum atomic E-state index is 6.07. The summed E-state index contributed by atoms with van der Waals surface area (Å²) in [5.41, 5.74) is 6.29. The van der Waals surface area contributed by atoms with E-state index in [1.165, 1.54) is 11.1 Å². The largest absolute Gasteiger partial charge is 0.455 e. The standard InChI is InChI=1S/C19H15NO/c1-12-10-17(20-11-13(12)2)16-8-5-7-15-14-6-3-4-9-18(14)21-19(15)16/h3-11H,1-2H3. The second-order valence-corrected chi connectivity index (χ2v) is 5.43. The summed E-state index contributed by atoms with van der Waals surface area (Å²) in [4.78, 5) is 4.57. The van der Waals surface area contributed by atoms with E-state index in [1.807, 2.05) is 24.4 Å². The third-order valence-electron chi connectivity index (χ3n) is 4.05. The molecule has 0 aliphatic carbocycles. The van der Waals surface area contributed by atoms with Gasteiger partial charge in [0.05, 0.1) is 5.69 Å². The average molecular weight is 273 g/mol. The van der Waals surface area contributed by atoms with Crippen LogP contribution in [0.1, 0.15) is 11.1 Å². The van der Waals surface area contributed by atoms with Crippen molar-refractivity contribution in [2.24, 2.45) is 0 Å². The van der Waals surface area contributed by atoms with E-state index in [1.54, 1.807) is 0 Å². The van der Waals surface area contributed by atoms with Gasteiger partial charge in [-0.05, 0) is 43.2 Å². The molecule has 0 fully saturated rings. The average Bonchev–Trinajstić information content (AvgIpc) is 2.89. The number of benzene rings is 2. The Morgan fingerprint density at radius 2 is 1.67 bits per heavy atom. The molecule has 0 spiro atoms. The molecule has 2 nitrogen and oxygen atoms in total. The molecule has 0 saturated carbocycles. The summed E-state index contributed by atoms with van der Waals surface area (Å²) in [5, 5.41) is 2.29. The van der Waals surface area contributed by atoms with E-state index < -0.39 is 0 Å². The molecule has 2 aromatic carbocycles. The Bertz CT molecular complexity index is 966. The SMILES string of the molecule is Cc1cnc(-c2cccc3c2oc2ccccc23)cc1C. The highest BCUT2D eigenvalue weighted by molar-refractivity contribution is 6.09. The van der Waals surface area contributed by atoms with E-state index in [9.17, 15) is 0 Å². The van der Waals surface area contributed by atoms with Crippen LogP contribution in [0.5, 0.6) is 0 Å². The second kappa shape index (κ2) is 4.45. The van der Waals surface area contributed by atoms with Gasteiger partial charge in [-0.15, -0.1) is 0 Å². The van der Waals surface area contributed by atoms with Crippen LogP contribution in [0.15, 0.2) is 59.1 Å². The molecule has 4 rings (SSSR count). The monoisotopic (exact) mass is 273 g/mol. The summed E-state index contributed by atoms with van der Waals surface area (Å²) in [6, 6.07) is 16.5. The predicted octanol–water partition coefficient (Wildman–Crippen LogP) is 5.26. The zero-order chi connectivity index (χ0) is 14.4. The van der Waals surface area contributed by atoms with Crippen LogP contribution in [-0.4, -0.2) is 4.98 Å². The highest BCUT2D eigenvalue weighted by Gasteiger charge is 2.12. The van der Waals surface area contributed by atoms with Gasteiger partial charge in [0, 0.05) is 22.5 Å². The predicted molar refractivity (Wildman–Crippen MR) is 86.4 cm³/mol. The first kappa shape index (κ1) is 12.2. The van der Waals surface area contributed by atoms with Crippen molar-refractivity contribution in [3.8, 4) is 11.3 Å². The molecule has 0 aliphatic rings. The molecule has 21 heavy (non-hydrogen) atoms. The molecule has 2 heteroatoms. The van der Waals surface area contributed by atoms with Crippen molar-refractivity contribution in [3.63, 3.8) is 0 Å². The van der Waals surface area contributed by atoms with Crippen molar-refractivity contribution < 1.29 is 4.42 Å². The van der Waals surface area contributed by atoms with Crippen molar-refractivity contribution in [2.45, 2.75) is 13.8 Å². The van der Waals surface area contributed by atoms with E-state index in [4.69, 9.17) is 4.42 Å². The normalized spacial score (nSPS) is 11.3. The van der Waals surface area contributed by atoms with Crippen molar-refractivity contribution >= 4 is 21.9 Å². The molecule has 0 aliphatic heterocycles. The van der Waals surface area contributed by atoms with Gasteiger partial charge in [-0.2, -0.15) is 0 Å². The fourth-order valence-electron chi connectivity index (χ4n) is 2.72. The molecule has 0 amide bonds. The summed E-state index contributed by atoms with van der Waals surface area (Å²) in [6.07, 6.45) is 1.92. The molecule has 0 radical (unpaired) electrons. The molecule has 0 N–H and O–H groups in total. The minimum absolute atomic E-state index is 0.912. The minimum Gasteiger partial charge on any atom is -0.455 e. The summed E-state index contributed by atoms with van der Waals surface area (Å²) >= 11 is 0. The quantitative estimate of drug-likeness (QED) is 0.472. The second-order valence-electron chi connectivity index (χ2n) is 5.43. The number of hydrogen-bond donors (Lipinski definition) is 0. The number of nitrogens with zero attached hydrogens (tertiary/aromatic N) is 1. The molecule has 2 aromatic heterocycles. The van der Waals surface area contributed by atoms with Crippen molar-refractivity contribution in [2.75, 3.05) is 0 Å². The Labute approximate surface area is 123 Å². The van der Waals surface area contributed by atoms with Gasteiger partial charge in [0.15, 0.2) is 0 Å². The van der Waals surface area contributed by atoms with Crippen molar-refractivity contribution in [3.05, 3.63) is 65.9 Å². The first-order valence-electron chi connectivity index (χ1n) is 7.08. The van der Waals surface area contributed by atoms with Crippen LogP contribution in [0.3, 0.4) is 0 Å². The number of aromatic nitrogens is 1. The number of rotatable bonds is 1. The maximum Gasteiger partial charge on any atom is 0.144 e. The summed E-state index contributed by atoms with van der Waals surface area (Å²) in [7, 11) is 0. The Kier molecular flexibility index (Phi) is 2.58. The Hall–Kier alpha value is -2.61. The number of fused-ring (bicyclic) bond motifs is 3. The van der Waals surface area contributed by atoms with Crippen LogP contribution in [-0.2, 0) is 0 Å². The lowest BCUT2D eigenvalue weighted by atomic mass is 10.0. The van der Waals surface area contributed by atoms with Crippen LogP contribution < -0.4 is 0 Å². The van der Waals surface area contributed by atoms with Gasteiger partial charge in [0.25, 0.3) is 0 Å². The molecule has 0 atom stereocenters. The van der Waals surface area contributed by atoms with Crippen LogP contribution >= 0.6 is 0 Å². The minimum atomic E-state index is 0.912. The maximum absolute atomic E-state index is 6.07. The zero-order valence-corrected chi connectivity index (χ0v) is 12.1.